The van der Waals surface area contributed by atoms with Gasteiger partial charge >= 0.3 is 0 Å². The molecule has 0 unspecified atom stereocenters. The number of hydrogen-bond acceptors (Lipinski definition) is 4. The Bertz CT molecular complexity index is 1070. The van der Waals surface area contributed by atoms with Crippen LogP contribution in [0.2, 0.25) is 5.02 Å². The third kappa shape index (κ3) is 2.09. The number of halogens is 1. The second-order valence-corrected chi connectivity index (χ2v) is 5.92. The maximum atomic E-state index is 6.16. The summed E-state index contributed by atoms with van der Waals surface area (Å²) >= 11 is 6.16. The van der Waals surface area contributed by atoms with Crippen LogP contribution in [0, 0.1) is 0 Å². The first-order valence-corrected chi connectivity index (χ1v) is 7.49. The minimum Gasteiger partial charge on any atom is -0.383 e. The molecule has 0 bridgehead atoms. The van der Waals surface area contributed by atoms with Gasteiger partial charge in [0.05, 0.1) is 16.4 Å². The third-order valence-corrected chi connectivity index (χ3v) is 4.23. The SMILES string of the molecule is Cn1ccc2c3c(N)nc(N)nc3cc(-c3cccc(Cl)c3)c21. The van der Waals surface area contributed by atoms with Gasteiger partial charge in [0, 0.05) is 29.2 Å². The van der Waals surface area contributed by atoms with Gasteiger partial charge < -0.3 is 16.0 Å². The topological polar surface area (TPSA) is 82.8 Å². The molecule has 2 heterocycles. The normalized spacial score (nSPS) is 11.4. The quantitative estimate of drug-likeness (QED) is 0.560. The molecule has 0 saturated heterocycles. The fourth-order valence-electron chi connectivity index (χ4n) is 3.04. The predicted octanol–water partition coefficient (Wildman–Crippen LogP) is 3.61. The van der Waals surface area contributed by atoms with Crippen molar-refractivity contribution in [2.24, 2.45) is 7.05 Å². The molecule has 4 N–H and O–H groups in total. The van der Waals surface area contributed by atoms with Crippen molar-refractivity contribution in [3.05, 3.63) is 47.6 Å². The summed E-state index contributed by atoms with van der Waals surface area (Å²) in [7, 11) is 2.00. The Morgan fingerprint density at radius 3 is 2.70 bits per heavy atom. The zero-order valence-electron chi connectivity index (χ0n) is 12.4. The predicted molar refractivity (Wildman–Crippen MR) is 95.3 cm³/mol. The lowest BCUT2D eigenvalue weighted by Crippen LogP contribution is -2.01. The molecule has 114 valence electrons. The highest BCUT2D eigenvalue weighted by Gasteiger charge is 2.15. The van der Waals surface area contributed by atoms with Crippen LogP contribution in [0.3, 0.4) is 0 Å². The molecule has 23 heavy (non-hydrogen) atoms. The molecule has 4 aromatic rings. The monoisotopic (exact) mass is 323 g/mol. The van der Waals surface area contributed by atoms with Gasteiger partial charge in [0.15, 0.2) is 0 Å². The molecule has 0 aliphatic carbocycles. The molecular formula is C17H14ClN5. The Morgan fingerprint density at radius 2 is 1.91 bits per heavy atom. The lowest BCUT2D eigenvalue weighted by molar-refractivity contribution is 0.970. The van der Waals surface area contributed by atoms with Crippen molar-refractivity contribution in [3.8, 4) is 11.1 Å². The van der Waals surface area contributed by atoms with Crippen LogP contribution in [0.5, 0.6) is 0 Å². The lowest BCUT2D eigenvalue weighted by atomic mass is 10.00. The maximum Gasteiger partial charge on any atom is 0.222 e. The minimum atomic E-state index is 0.169. The summed E-state index contributed by atoms with van der Waals surface area (Å²) in [5.74, 6) is 0.559. The van der Waals surface area contributed by atoms with E-state index in [1.807, 2.05) is 49.6 Å². The Morgan fingerprint density at radius 1 is 1.09 bits per heavy atom. The summed E-state index contributed by atoms with van der Waals surface area (Å²) in [6.07, 6.45) is 1.99. The van der Waals surface area contributed by atoms with Crippen LogP contribution in [-0.2, 0) is 7.05 Å². The van der Waals surface area contributed by atoms with Gasteiger partial charge in [-0.1, -0.05) is 23.7 Å². The summed E-state index contributed by atoms with van der Waals surface area (Å²) in [5, 5.41) is 2.50. The fraction of sp³-hybridized carbons (Fsp3) is 0.0588. The van der Waals surface area contributed by atoms with Gasteiger partial charge in [-0.25, -0.2) is 4.98 Å². The van der Waals surface area contributed by atoms with E-state index in [9.17, 15) is 0 Å². The van der Waals surface area contributed by atoms with Crippen LogP contribution in [-0.4, -0.2) is 14.5 Å². The van der Waals surface area contributed by atoms with E-state index in [-0.39, 0.29) is 5.95 Å². The smallest absolute Gasteiger partial charge is 0.222 e. The molecule has 6 heteroatoms. The van der Waals surface area contributed by atoms with E-state index in [2.05, 4.69) is 14.5 Å². The Kier molecular flexibility index (Phi) is 2.92. The Labute approximate surface area is 137 Å². The van der Waals surface area contributed by atoms with Crippen LogP contribution >= 0.6 is 11.6 Å². The lowest BCUT2D eigenvalue weighted by Gasteiger charge is -2.11. The molecular weight excluding hydrogens is 310 g/mol. The summed E-state index contributed by atoms with van der Waals surface area (Å²) in [6.45, 7) is 0. The molecule has 0 spiro atoms. The van der Waals surface area contributed by atoms with Gasteiger partial charge in [-0.2, -0.15) is 4.98 Å². The number of nitrogens with two attached hydrogens (primary N) is 2. The molecule has 0 saturated carbocycles. The van der Waals surface area contributed by atoms with E-state index in [1.54, 1.807) is 0 Å². The van der Waals surface area contributed by atoms with E-state index < -0.39 is 0 Å². The molecule has 0 aliphatic heterocycles. The number of fused-ring (bicyclic) bond motifs is 3. The fourth-order valence-corrected chi connectivity index (χ4v) is 3.23. The second kappa shape index (κ2) is 4.86. The van der Waals surface area contributed by atoms with Crippen LogP contribution < -0.4 is 11.5 Å². The zero-order valence-corrected chi connectivity index (χ0v) is 13.2. The average Bonchev–Trinajstić information content (AvgIpc) is 2.88. The number of hydrogen-bond donors (Lipinski definition) is 2. The number of anilines is 2. The van der Waals surface area contributed by atoms with E-state index in [0.717, 1.165) is 32.9 Å². The molecule has 0 aliphatic rings. The van der Waals surface area contributed by atoms with E-state index in [1.165, 1.54) is 0 Å². The number of rotatable bonds is 1. The van der Waals surface area contributed by atoms with Crippen molar-refractivity contribution >= 4 is 45.2 Å². The summed E-state index contributed by atoms with van der Waals surface area (Å²) in [4.78, 5) is 8.44. The second-order valence-electron chi connectivity index (χ2n) is 5.48. The highest BCUT2D eigenvalue weighted by atomic mass is 35.5. The summed E-state index contributed by atoms with van der Waals surface area (Å²) in [5.41, 5.74) is 15.7. The molecule has 4 rings (SSSR count). The van der Waals surface area contributed by atoms with Crippen molar-refractivity contribution in [3.63, 3.8) is 0 Å². The largest absolute Gasteiger partial charge is 0.383 e. The zero-order chi connectivity index (χ0) is 16.1. The molecule has 2 aromatic heterocycles. The van der Waals surface area contributed by atoms with Gasteiger partial charge in [0.2, 0.25) is 5.95 Å². The molecule has 5 nitrogen and oxygen atoms in total. The van der Waals surface area contributed by atoms with Crippen LogP contribution in [0.25, 0.3) is 32.9 Å². The van der Waals surface area contributed by atoms with E-state index in [0.29, 0.717) is 10.8 Å². The van der Waals surface area contributed by atoms with E-state index in [4.69, 9.17) is 23.1 Å². The standard InChI is InChI=1S/C17H14ClN5/c1-23-6-5-11-14-13(21-17(20)22-16(14)19)8-12(15(11)23)9-3-2-4-10(18)7-9/h2-8H,1H3,(H4,19,20,21,22). The number of aromatic nitrogens is 3. The van der Waals surface area contributed by atoms with Crippen molar-refractivity contribution in [2.45, 2.75) is 0 Å². The number of nitrogens with zero attached hydrogens (tertiary/aromatic N) is 3. The van der Waals surface area contributed by atoms with Gasteiger partial charge in [-0.3, -0.25) is 0 Å². The summed E-state index contributed by atoms with van der Waals surface area (Å²) < 4.78 is 2.06. The molecule has 0 radical (unpaired) electrons. The first-order chi connectivity index (χ1) is 11.0. The van der Waals surface area contributed by atoms with Crippen LogP contribution in [0.4, 0.5) is 11.8 Å². The van der Waals surface area contributed by atoms with E-state index >= 15 is 0 Å². The van der Waals surface area contributed by atoms with Gasteiger partial charge in [0.1, 0.15) is 5.82 Å². The van der Waals surface area contributed by atoms with Gasteiger partial charge in [0.25, 0.3) is 0 Å². The van der Waals surface area contributed by atoms with Crippen molar-refractivity contribution in [1.82, 2.24) is 14.5 Å². The highest BCUT2D eigenvalue weighted by Crippen LogP contribution is 2.37. The van der Waals surface area contributed by atoms with Crippen molar-refractivity contribution in [1.29, 1.82) is 0 Å². The molecule has 0 fully saturated rings. The first-order valence-electron chi connectivity index (χ1n) is 7.11. The Balaban J connectivity index is 2.20. The van der Waals surface area contributed by atoms with Crippen LogP contribution in [0.15, 0.2) is 42.6 Å². The molecule has 2 aromatic carbocycles. The maximum absolute atomic E-state index is 6.16. The van der Waals surface area contributed by atoms with Crippen LogP contribution in [0.1, 0.15) is 0 Å². The summed E-state index contributed by atoms with van der Waals surface area (Å²) in [6, 6.07) is 11.7. The average molecular weight is 324 g/mol. The first kappa shape index (κ1) is 13.8. The number of aryl methyl sites for hydroxylation is 1. The van der Waals surface area contributed by atoms with Crippen molar-refractivity contribution < 1.29 is 0 Å². The van der Waals surface area contributed by atoms with Gasteiger partial charge in [-0.05, 0) is 29.8 Å². The Hall–Kier alpha value is -2.79. The highest BCUT2D eigenvalue weighted by molar-refractivity contribution is 6.31. The van der Waals surface area contributed by atoms with Crippen molar-refractivity contribution in [2.75, 3.05) is 11.5 Å². The number of benzene rings is 2. The third-order valence-electron chi connectivity index (χ3n) is 4.00. The van der Waals surface area contributed by atoms with Gasteiger partial charge in [-0.15, -0.1) is 0 Å². The molecule has 0 atom stereocenters. The minimum absolute atomic E-state index is 0.169. The number of nitrogen functional groups attached to an aromatic ring is 2. The molecule has 0 amide bonds.